The summed E-state index contributed by atoms with van der Waals surface area (Å²) in [6.45, 7) is 11.6. The molecule has 12 heteroatoms. The van der Waals surface area contributed by atoms with Crippen LogP contribution in [-0.4, -0.2) is 45.9 Å². The highest BCUT2D eigenvalue weighted by Gasteiger charge is 2.38. The van der Waals surface area contributed by atoms with Crippen molar-refractivity contribution in [3.8, 4) is 5.75 Å². The molecule has 11 nitrogen and oxygen atoms in total. The maximum Gasteiger partial charge on any atom is 0.459 e. The monoisotopic (exact) mass is 647 g/mol. The van der Waals surface area contributed by atoms with Gasteiger partial charge in [-0.1, -0.05) is 61.5 Å². The molecule has 0 radical (unpaired) electrons. The minimum absolute atomic E-state index is 0.0777. The Kier molecular flexibility index (Phi) is 9.98. The maximum absolute atomic E-state index is 14.7. The number of imidazole rings is 1. The number of nitrogens with one attached hydrogen (secondary N) is 1. The molecule has 0 aliphatic rings. The minimum atomic E-state index is -4.22. The number of carbonyl (C=O) groups is 1. The van der Waals surface area contributed by atoms with Gasteiger partial charge < -0.3 is 24.3 Å². The fourth-order valence-corrected chi connectivity index (χ4v) is 7.01. The lowest BCUT2D eigenvalue weighted by Gasteiger charge is -2.34. The topological polar surface area (TPSA) is 140 Å². The van der Waals surface area contributed by atoms with Crippen molar-refractivity contribution in [2.24, 2.45) is 0 Å². The third-order valence-electron chi connectivity index (χ3n) is 7.90. The van der Waals surface area contributed by atoms with Crippen LogP contribution in [0, 0.1) is 0 Å². The van der Waals surface area contributed by atoms with Crippen molar-refractivity contribution in [3.05, 3.63) is 72.6 Å². The number of fused-ring (bicyclic) bond motifs is 4. The molecule has 5 rings (SSSR count). The van der Waals surface area contributed by atoms with E-state index in [1.54, 1.807) is 26.8 Å². The van der Waals surface area contributed by atoms with Crippen molar-refractivity contribution in [1.29, 1.82) is 0 Å². The molecule has 0 aliphatic carbocycles. The number of esters is 1. The predicted octanol–water partition coefficient (Wildman–Crippen LogP) is 7.12. The third-order valence-corrected chi connectivity index (χ3v) is 9.51. The Bertz CT molecular complexity index is 1900. The molecular weight excluding hydrogens is 605 g/mol. The Morgan fingerprint density at radius 2 is 1.70 bits per heavy atom. The number of pyridine rings is 1. The summed E-state index contributed by atoms with van der Waals surface area (Å²) in [4.78, 5) is 22.3. The summed E-state index contributed by atoms with van der Waals surface area (Å²) < 4.78 is 40.5. The van der Waals surface area contributed by atoms with E-state index in [4.69, 9.17) is 29.2 Å². The Hall–Kier alpha value is -4.02. The second-order valence-corrected chi connectivity index (χ2v) is 13.4. The smallest absolute Gasteiger partial charge is 0.459 e. The van der Waals surface area contributed by atoms with Crippen molar-refractivity contribution in [1.82, 2.24) is 19.6 Å². The molecule has 244 valence electrons. The average molecular weight is 648 g/mol. The van der Waals surface area contributed by atoms with Crippen LogP contribution in [0.1, 0.15) is 53.8 Å². The molecule has 0 bridgehead atoms. The van der Waals surface area contributed by atoms with Crippen molar-refractivity contribution in [2.75, 3.05) is 18.9 Å². The number of nitrogens with zero attached hydrogens (tertiary/aromatic N) is 3. The van der Waals surface area contributed by atoms with E-state index < -0.39 is 25.3 Å². The van der Waals surface area contributed by atoms with Gasteiger partial charge in [-0.05, 0) is 58.6 Å². The average Bonchev–Trinajstić information content (AvgIpc) is 3.44. The van der Waals surface area contributed by atoms with Crippen molar-refractivity contribution in [3.63, 3.8) is 0 Å². The molecule has 2 unspecified atom stereocenters. The lowest BCUT2D eigenvalue weighted by Crippen LogP contribution is -2.39. The first-order chi connectivity index (χ1) is 22.0. The normalized spacial score (nSPS) is 15.2. The number of benzene rings is 3. The van der Waals surface area contributed by atoms with E-state index in [0.717, 1.165) is 27.2 Å². The fourth-order valence-electron chi connectivity index (χ4n) is 5.39. The zero-order valence-electron chi connectivity index (χ0n) is 27.1. The summed E-state index contributed by atoms with van der Waals surface area (Å²) in [6, 6.07) is 19.8. The van der Waals surface area contributed by atoms with Gasteiger partial charge in [0.15, 0.2) is 5.82 Å². The second-order valence-electron chi connectivity index (χ2n) is 11.7. The molecule has 2 aromatic heterocycles. The molecule has 0 fully saturated rings. The van der Waals surface area contributed by atoms with Crippen LogP contribution >= 0.6 is 7.75 Å². The summed E-state index contributed by atoms with van der Waals surface area (Å²) in [5, 5.41) is 5.35. The van der Waals surface area contributed by atoms with Crippen molar-refractivity contribution in [2.45, 2.75) is 72.3 Å². The Morgan fingerprint density at radius 3 is 2.41 bits per heavy atom. The first-order valence-electron chi connectivity index (χ1n) is 15.5. The molecule has 0 amide bonds. The van der Waals surface area contributed by atoms with E-state index in [2.05, 4.69) is 14.6 Å². The summed E-state index contributed by atoms with van der Waals surface area (Å²) in [5.41, 5.74) is 7.66. The highest BCUT2D eigenvalue weighted by molar-refractivity contribution is 7.52. The Balaban J connectivity index is 1.58. The number of nitrogens with two attached hydrogens (primary N) is 1. The molecule has 3 N–H and O–H groups in total. The number of hydrogen-bond acceptors (Lipinski definition) is 9. The molecule has 3 atom stereocenters. The molecule has 0 aliphatic heterocycles. The quantitative estimate of drug-likeness (QED) is 0.0946. The van der Waals surface area contributed by atoms with Crippen LogP contribution in [0.25, 0.3) is 32.7 Å². The van der Waals surface area contributed by atoms with Gasteiger partial charge in [-0.25, -0.2) is 14.5 Å². The Morgan fingerprint density at radius 1 is 1.00 bits per heavy atom. The lowest BCUT2D eigenvalue weighted by atomic mass is 9.98. The SMILES string of the molecule is CCOCc1nc2c(N)nc3ccccc3c2n1C(C)(CC)COP(=O)(N[C@@H](C)C(=O)OC(C)C)Oc1cccc2ccccc12. The van der Waals surface area contributed by atoms with Gasteiger partial charge in [0.05, 0.1) is 29.3 Å². The molecule has 0 saturated heterocycles. The van der Waals surface area contributed by atoms with Crippen LogP contribution in [0.4, 0.5) is 5.82 Å². The van der Waals surface area contributed by atoms with Crippen molar-refractivity contribution >= 4 is 52.2 Å². The second kappa shape index (κ2) is 13.8. The van der Waals surface area contributed by atoms with E-state index >= 15 is 0 Å². The lowest BCUT2D eigenvalue weighted by molar-refractivity contribution is -0.149. The van der Waals surface area contributed by atoms with E-state index in [1.165, 1.54) is 0 Å². The van der Waals surface area contributed by atoms with Crippen LogP contribution in [0.2, 0.25) is 0 Å². The highest BCUT2D eigenvalue weighted by Crippen LogP contribution is 2.48. The number of hydrogen-bond donors (Lipinski definition) is 2. The largest absolute Gasteiger partial charge is 0.462 e. The van der Waals surface area contributed by atoms with Gasteiger partial charge in [-0.3, -0.25) is 9.32 Å². The van der Waals surface area contributed by atoms with Crippen LogP contribution in [-0.2, 0) is 35.5 Å². The van der Waals surface area contributed by atoms with Gasteiger partial charge >= 0.3 is 13.7 Å². The third kappa shape index (κ3) is 6.88. The number of carbonyl (C=O) groups excluding carboxylic acids is 1. The molecule has 46 heavy (non-hydrogen) atoms. The van der Waals surface area contributed by atoms with E-state index in [9.17, 15) is 9.36 Å². The van der Waals surface area contributed by atoms with Gasteiger partial charge in [-0.2, -0.15) is 5.09 Å². The summed E-state index contributed by atoms with van der Waals surface area (Å²) in [7, 11) is -4.22. The van der Waals surface area contributed by atoms with Gasteiger partial charge in [0.1, 0.15) is 29.7 Å². The van der Waals surface area contributed by atoms with Crippen LogP contribution in [0.5, 0.6) is 5.75 Å². The zero-order chi connectivity index (χ0) is 33.1. The molecule has 0 spiro atoms. The standard InChI is InChI=1S/C34H42N5O6P/c1-7-34(6,39-29(20-42-8-2)37-30-31(39)26-17-11-12-18-27(26)36-32(30)35)21-43-46(41,38-23(5)33(40)44-22(3)4)45-28-19-13-15-24-14-9-10-16-25(24)28/h9-19,22-23H,7-8,20-21H2,1-6H3,(H2,35,36)(H,38,41)/t23-,34?,46?/m0/s1. The number of aromatic nitrogens is 3. The van der Waals surface area contributed by atoms with Crippen LogP contribution < -0.4 is 15.3 Å². The summed E-state index contributed by atoms with van der Waals surface area (Å²) in [5.74, 6) is 0.703. The van der Waals surface area contributed by atoms with Crippen LogP contribution in [0.15, 0.2) is 66.7 Å². The van der Waals surface area contributed by atoms with E-state index in [0.29, 0.717) is 35.9 Å². The molecule has 0 saturated carbocycles. The first-order valence-corrected chi connectivity index (χ1v) is 17.1. The maximum atomic E-state index is 14.7. The van der Waals surface area contributed by atoms with Gasteiger partial charge in [-0.15, -0.1) is 0 Å². The molecular formula is C34H42N5O6P. The van der Waals surface area contributed by atoms with E-state index in [-0.39, 0.29) is 19.3 Å². The first kappa shape index (κ1) is 33.3. The fraction of sp³-hybridized carbons (Fsp3) is 0.382. The van der Waals surface area contributed by atoms with E-state index in [1.807, 2.05) is 81.4 Å². The molecule has 2 heterocycles. The van der Waals surface area contributed by atoms with Gasteiger partial charge in [0.25, 0.3) is 0 Å². The van der Waals surface area contributed by atoms with Gasteiger partial charge in [0.2, 0.25) is 0 Å². The van der Waals surface area contributed by atoms with Gasteiger partial charge in [0, 0.05) is 17.4 Å². The van der Waals surface area contributed by atoms with Crippen molar-refractivity contribution < 1.29 is 27.9 Å². The zero-order valence-corrected chi connectivity index (χ0v) is 28.0. The summed E-state index contributed by atoms with van der Waals surface area (Å²) >= 11 is 0. The number of anilines is 1. The number of para-hydroxylation sites is 1. The summed E-state index contributed by atoms with van der Waals surface area (Å²) in [6.07, 6.45) is 0.197. The number of ether oxygens (including phenoxy) is 2. The molecule has 3 aromatic carbocycles. The van der Waals surface area contributed by atoms with Crippen LogP contribution in [0.3, 0.4) is 0 Å². The number of rotatable bonds is 14. The minimum Gasteiger partial charge on any atom is -0.462 e. The number of nitrogen functional groups attached to an aromatic ring is 1. The highest BCUT2D eigenvalue weighted by atomic mass is 31.2. The predicted molar refractivity (Wildman–Crippen MR) is 181 cm³/mol. The Labute approximate surface area is 269 Å². The molecule has 5 aromatic rings.